The van der Waals surface area contributed by atoms with Crippen molar-refractivity contribution in [1.82, 2.24) is 0 Å². The van der Waals surface area contributed by atoms with Gasteiger partial charge in [-0.25, -0.2) is 18.0 Å². The number of carbonyl (C=O) groups is 2. The van der Waals surface area contributed by atoms with Crippen molar-refractivity contribution in [3.05, 3.63) is 82.6 Å². The molecular formula is C33H35ClF3N3O4. The zero-order valence-electron chi connectivity index (χ0n) is 24.7. The van der Waals surface area contributed by atoms with Gasteiger partial charge in [0.05, 0.1) is 23.0 Å². The highest BCUT2D eigenvalue weighted by atomic mass is 35.5. The third-order valence-electron chi connectivity index (χ3n) is 7.87. The van der Waals surface area contributed by atoms with Crippen molar-refractivity contribution in [3.8, 4) is 5.75 Å². The molecule has 234 valence electrons. The van der Waals surface area contributed by atoms with E-state index in [9.17, 15) is 18.4 Å². The molecule has 3 N–H and O–H groups in total. The average Bonchev–Trinajstić information content (AvgIpc) is 3.32. The van der Waals surface area contributed by atoms with E-state index in [0.29, 0.717) is 22.0 Å². The molecule has 5 rings (SSSR count). The van der Waals surface area contributed by atoms with Crippen LogP contribution in [0.15, 0.2) is 54.6 Å². The first-order chi connectivity index (χ1) is 20.8. The first-order valence-corrected chi connectivity index (χ1v) is 15.0. The summed E-state index contributed by atoms with van der Waals surface area (Å²) in [6.45, 7) is 4.78. The molecule has 0 bridgehead atoms. The summed E-state index contributed by atoms with van der Waals surface area (Å²) in [5.74, 6) is -4.81. The molecule has 1 aliphatic heterocycles. The number of hydrogen-bond acceptors (Lipinski definition) is 6. The van der Waals surface area contributed by atoms with Gasteiger partial charge in [0.1, 0.15) is 22.8 Å². The van der Waals surface area contributed by atoms with Crippen LogP contribution >= 0.6 is 11.6 Å². The molecule has 0 spiro atoms. The summed E-state index contributed by atoms with van der Waals surface area (Å²) in [4.78, 5) is 26.3. The Labute approximate surface area is 259 Å². The predicted octanol–water partition coefficient (Wildman–Crippen LogP) is 8.00. The van der Waals surface area contributed by atoms with E-state index in [0.717, 1.165) is 50.3 Å². The van der Waals surface area contributed by atoms with Crippen LogP contribution in [0, 0.1) is 29.3 Å². The van der Waals surface area contributed by atoms with E-state index < -0.39 is 53.1 Å². The number of anilines is 3. The van der Waals surface area contributed by atoms with Crippen LogP contribution in [-0.4, -0.2) is 24.1 Å². The number of fused-ring (bicyclic) bond motifs is 1. The minimum atomic E-state index is -1.33. The number of nitrogens with one attached hydrogen (secondary N) is 3. The number of amides is 1. The maximum absolute atomic E-state index is 15.3. The molecule has 0 radical (unpaired) electrons. The molecule has 1 heterocycles. The second-order valence-electron chi connectivity index (χ2n) is 12.3. The maximum Gasteiger partial charge on any atom is 0.344 e. The summed E-state index contributed by atoms with van der Waals surface area (Å²) in [7, 11) is 0. The normalized spacial score (nSPS) is 16.7. The molecule has 7 nitrogen and oxygen atoms in total. The Morgan fingerprint density at radius 1 is 0.932 bits per heavy atom. The minimum absolute atomic E-state index is 0.0840. The van der Waals surface area contributed by atoms with Crippen LogP contribution in [0.3, 0.4) is 0 Å². The number of esters is 1. The average molecular weight is 630 g/mol. The number of rotatable bonds is 8. The molecular weight excluding hydrogens is 595 g/mol. The fraction of sp³-hybridized carbons (Fsp3) is 0.394. The zero-order chi connectivity index (χ0) is 31.6. The van der Waals surface area contributed by atoms with Gasteiger partial charge in [-0.2, -0.15) is 0 Å². The lowest BCUT2D eigenvalue weighted by Crippen LogP contribution is -2.54. The molecule has 1 atom stereocenters. The summed E-state index contributed by atoms with van der Waals surface area (Å²) in [5, 5.41) is 9.83. The highest BCUT2D eigenvalue weighted by Crippen LogP contribution is 2.49. The van der Waals surface area contributed by atoms with E-state index in [-0.39, 0.29) is 17.4 Å². The molecule has 0 saturated heterocycles. The van der Waals surface area contributed by atoms with Crippen molar-refractivity contribution >= 4 is 40.5 Å². The fourth-order valence-corrected chi connectivity index (χ4v) is 6.17. The van der Waals surface area contributed by atoms with Crippen LogP contribution in [0.5, 0.6) is 5.75 Å². The Morgan fingerprint density at radius 3 is 2.11 bits per heavy atom. The Bertz CT molecular complexity index is 1510. The second-order valence-corrected chi connectivity index (χ2v) is 12.7. The van der Waals surface area contributed by atoms with Crippen LogP contribution in [0.25, 0.3) is 0 Å². The van der Waals surface area contributed by atoms with Crippen LogP contribution in [-0.2, 0) is 20.0 Å². The number of halogens is 4. The number of benzene rings is 3. The van der Waals surface area contributed by atoms with E-state index in [4.69, 9.17) is 21.1 Å². The molecule has 1 amide bonds. The van der Waals surface area contributed by atoms with Crippen molar-refractivity contribution in [3.63, 3.8) is 0 Å². The largest absolute Gasteiger partial charge is 0.482 e. The smallest absolute Gasteiger partial charge is 0.344 e. The lowest BCUT2D eigenvalue weighted by Gasteiger charge is -2.43. The van der Waals surface area contributed by atoms with Crippen LogP contribution in [0.2, 0.25) is 5.02 Å². The lowest BCUT2D eigenvalue weighted by molar-refractivity contribution is -0.157. The van der Waals surface area contributed by atoms with Gasteiger partial charge in [0, 0.05) is 23.2 Å². The van der Waals surface area contributed by atoms with Crippen molar-refractivity contribution in [2.24, 2.45) is 11.8 Å². The molecule has 2 aliphatic rings. The summed E-state index contributed by atoms with van der Waals surface area (Å²) < 4.78 is 54.6. The van der Waals surface area contributed by atoms with E-state index in [1.807, 2.05) is 0 Å². The van der Waals surface area contributed by atoms with Gasteiger partial charge in [0.2, 0.25) is 5.91 Å². The van der Waals surface area contributed by atoms with Crippen molar-refractivity contribution in [2.45, 2.75) is 64.1 Å². The molecule has 3 aromatic carbocycles. The van der Waals surface area contributed by atoms with Gasteiger partial charge in [-0.1, -0.05) is 43.0 Å². The van der Waals surface area contributed by atoms with E-state index in [1.54, 1.807) is 45.0 Å². The van der Waals surface area contributed by atoms with E-state index >= 15 is 4.39 Å². The Balaban J connectivity index is 1.46. The summed E-state index contributed by atoms with van der Waals surface area (Å²) >= 11 is 6.19. The lowest BCUT2D eigenvalue weighted by atomic mass is 9.71. The van der Waals surface area contributed by atoms with Crippen molar-refractivity contribution in [1.29, 1.82) is 0 Å². The fourth-order valence-electron chi connectivity index (χ4n) is 6.04. The van der Waals surface area contributed by atoms with Gasteiger partial charge in [-0.3, -0.25) is 4.79 Å². The SMILES string of the molecule is CC(C)(C)OC(=O)COc1ccc(NC(=O)C(C2CCCCC2)C2(c3ccc(Cl)cc3)Nc3cc(F)c(F)cc3N2)c(F)c1. The quantitative estimate of drug-likeness (QED) is 0.219. The molecule has 11 heteroatoms. The first-order valence-electron chi connectivity index (χ1n) is 14.6. The minimum Gasteiger partial charge on any atom is -0.482 e. The molecule has 1 saturated carbocycles. The van der Waals surface area contributed by atoms with E-state index in [1.165, 1.54) is 12.1 Å². The van der Waals surface area contributed by atoms with Gasteiger partial charge < -0.3 is 25.4 Å². The molecule has 44 heavy (non-hydrogen) atoms. The summed E-state index contributed by atoms with van der Waals surface area (Å²) in [6, 6.07) is 12.9. The summed E-state index contributed by atoms with van der Waals surface area (Å²) in [6.07, 6.45) is 4.29. The number of hydrogen-bond donors (Lipinski definition) is 3. The topological polar surface area (TPSA) is 88.7 Å². The van der Waals surface area contributed by atoms with Gasteiger partial charge in [-0.05, 0) is 69.4 Å². The third-order valence-corrected chi connectivity index (χ3v) is 8.12. The molecule has 3 aromatic rings. The molecule has 1 fully saturated rings. The van der Waals surface area contributed by atoms with Gasteiger partial charge >= 0.3 is 5.97 Å². The van der Waals surface area contributed by atoms with Gasteiger partial charge in [-0.15, -0.1) is 0 Å². The molecule has 1 unspecified atom stereocenters. The molecule has 0 aromatic heterocycles. The highest BCUT2D eigenvalue weighted by Gasteiger charge is 2.52. The Kier molecular flexibility index (Phi) is 9.02. The van der Waals surface area contributed by atoms with Gasteiger partial charge in [0.25, 0.3) is 0 Å². The van der Waals surface area contributed by atoms with Crippen LogP contribution < -0.4 is 20.7 Å². The van der Waals surface area contributed by atoms with E-state index in [2.05, 4.69) is 16.0 Å². The van der Waals surface area contributed by atoms with Gasteiger partial charge in [0.15, 0.2) is 18.2 Å². The monoisotopic (exact) mass is 629 g/mol. The Hall–Kier alpha value is -3.92. The van der Waals surface area contributed by atoms with Crippen LogP contribution in [0.1, 0.15) is 58.4 Å². The number of carbonyl (C=O) groups excluding carboxylic acids is 2. The summed E-state index contributed by atoms with van der Waals surface area (Å²) in [5.41, 5.74) is -0.887. The van der Waals surface area contributed by atoms with Crippen LogP contribution in [0.4, 0.5) is 30.2 Å². The number of ether oxygens (including phenoxy) is 2. The first kappa shape index (κ1) is 31.5. The van der Waals surface area contributed by atoms with Crippen molar-refractivity contribution in [2.75, 3.05) is 22.6 Å². The Morgan fingerprint density at radius 2 is 1.55 bits per heavy atom. The standard InChI is InChI=1S/C33H35ClF3N3O4/c1-32(2,3)44-29(41)18-43-22-13-14-26(25(37)15-22)38-31(42)30(19-7-5-4-6-8-19)33(20-9-11-21(34)12-10-20)39-27-16-23(35)24(36)17-28(27)40-33/h9-17,19,30,39-40H,4-8,18H2,1-3H3,(H,38,42). The molecule has 1 aliphatic carbocycles. The highest BCUT2D eigenvalue weighted by molar-refractivity contribution is 6.30. The van der Waals surface area contributed by atoms with Crippen molar-refractivity contribution < 1.29 is 32.2 Å². The third kappa shape index (κ3) is 6.90. The second kappa shape index (κ2) is 12.6. The predicted molar refractivity (Wildman–Crippen MR) is 163 cm³/mol. The zero-order valence-corrected chi connectivity index (χ0v) is 25.5. The maximum atomic E-state index is 15.3.